The van der Waals surface area contributed by atoms with E-state index >= 15 is 0 Å². The highest BCUT2D eigenvalue weighted by Crippen LogP contribution is 2.35. The lowest BCUT2D eigenvalue weighted by Crippen LogP contribution is -2.14. The van der Waals surface area contributed by atoms with Crippen LogP contribution in [0.1, 0.15) is 19.4 Å². The quantitative estimate of drug-likeness (QED) is 0.762. The van der Waals surface area contributed by atoms with E-state index in [1.807, 2.05) is 13.8 Å². The van der Waals surface area contributed by atoms with Crippen molar-refractivity contribution in [1.29, 1.82) is 5.26 Å². The van der Waals surface area contributed by atoms with Crippen LogP contribution in [0.5, 0.6) is 0 Å². The Labute approximate surface area is 87.9 Å². The zero-order chi connectivity index (χ0) is 10.6. The van der Waals surface area contributed by atoms with Gasteiger partial charge in [-0.15, -0.1) is 11.8 Å². The third-order valence-corrected chi connectivity index (χ3v) is 3.23. The molecule has 3 heteroatoms. The van der Waals surface area contributed by atoms with Gasteiger partial charge < -0.3 is 0 Å². The van der Waals surface area contributed by atoms with E-state index in [1.54, 1.807) is 23.9 Å². The molecule has 0 saturated carbocycles. The van der Waals surface area contributed by atoms with Crippen LogP contribution in [-0.4, -0.2) is 5.75 Å². The molecule has 1 nitrogen and oxygen atoms in total. The lowest BCUT2D eigenvalue weighted by molar-refractivity contribution is 0.626. The number of nitriles is 1. The van der Waals surface area contributed by atoms with E-state index in [2.05, 4.69) is 6.07 Å². The van der Waals surface area contributed by atoms with Crippen LogP contribution in [0.3, 0.4) is 0 Å². The fourth-order valence-corrected chi connectivity index (χ4v) is 2.18. The second-order valence-corrected chi connectivity index (χ2v) is 4.77. The zero-order valence-corrected chi connectivity index (χ0v) is 9.07. The predicted molar refractivity (Wildman–Crippen MR) is 57.5 cm³/mol. The number of nitrogens with zero attached hydrogens (tertiary/aromatic N) is 1. The predicted octanol–water partition coefficient (Wildman–Crippen LogP) is 3.32. The van der Waals surface area contributed by atoms with Gasteiger partial charge in [0.1, 0.15) is 10.6 Å². The lowest BCUT2D eigenvalue weighted by Gasteiger charge is -2.20. The molecule has 0 aliphatic carbocycles. The van der Waals surface area contributed by atoms with Gasteiger partial charge in [-0.2, -0.15) is 5.26 Å². The molecule has 0 spiro atoms. The standard InChI is InChI=1S/C11H12FNS/c1-3-14-11(2,8-13)9-4-6-10(12)7-5-9/h4-7H,3H2,1-2H3. The minimum atomic E-state index is -0.567. The fraction of sp³-hybridized carbons (Fsp3) is 0.364. The first kappa shape index (κ1) is 11.1. The van der Waals surface area contributed by atoms with Crippen molar-refractivity contribution in [2.45, 2.75) is 18.6 Å². The lowest BCUT2D eigenvalue weighted by atomic mass is 10.0. The third-order valence-electron chi connectivity index (χ3n) is 2.04. The number of rotatable bonds is 3. The Morgan fingerprint density at radius 2 is 2.00 bits per heavy atom. The van der Waals surface area contributed by atoms with Gasteiger partial charge in [-0.3, -0.25) is 0 Å². The number of hydrogen-bond acceptors (Lipinski definition) is 2. The molecule has 1 rings (SSSR count). The average molecular weight is 209 g/mol. The highest BCUT2D eigenvalue weighted by Gasteiger charge is 2.25. The van der Waals surface area contributed by atoms with E-state index in [1.165, 1.54) is 12.1 Å². The van der Waals surface area contributed by atoms with Crippen molar-refractivity contribution in [1.82, 2.24) is 0 Å². The summed E-state index contributed by atoms with van der Waals surface area (Å²) >= 11 is 1.55. The smallest absolute Gasteiger partial charge is 0.125 e. The molecule has 0 amide bonds. The third kappa shape index (κ3) is 2.27. The van der Waals surface area contributed by atoms with E-state index in [-0.39, 0.29) is 5.82 Å². The molecule has 0 N–H and O–H groups in total. The maximum absolute atomic E-state index is 12.7. The van der Waals surface area contributed by atoms with Crippen LogP contribution in [-0.2, 0) is 4.75 Å². The molecule has 0 fully saturated rings. The van der Waals surface area contributed by atoms with Gasteiger partial charge in [0.15, 0.2) is 0 Å². The molecular weight excluding hydrogens is 197 g/mol. The van der Waals surface area contributed by atoms with Crippen LogP contribution < -0.4 is 0 Å². The van der Waals surface area contributed by atoms with Gasteiger partial charge >= 0.3 is 0 Å². The molecule has 0 saturated heterocycles. The largest absolute Gasteiger partial charge is 0.207 e. The number of benzene rings is 1. The van der Waals surface area contributed by atoms with Crippen molar-refractivity contribution in [2.75, 3.05) is 5.75 Å². The Bertz CT molecular complexity index is 341. The van der Waals surface area contributed by atoms with Gasteiger partial charge in [-0.05, 0) is 30.4 Å². The average Bonchev–Trinajstić information content (AvgIpc) is 2.19. The van der Waals surface area contributed by atoms with Crippen LogP contribution in [0.25, 0.3) is 0 Å². The van der Waals surface area contributed by atoms with Crippen molar-refractivity contribution in [2.24, 2.45) is 0 Å². The summed E-state index contributed by atoms with van der Waals surface area (Å²) in [5.41, 5.74) is 0.855. The maximum Gasteiger partial charge on any atom is 0.125 e. The van der Waals surface area contributed by atoms with Gasteiger partial charge in [0, 0.05) is 0 Å². The van der Waals surface area contributed by atoms with Gasteiger partial charge in [0.2, 0.25) is 0 Å². The molecule has 0 aliphatic heterocycles. The first-order valence-electron chi connectivity index (χ1n) is 4.43. The fourth-order valence-electron chi connectivity index (χ4n) is 1.24. The van der Waals surface area contributed by atoms with Crippen LogP contribution in [0.2, 0.25) is 0 Å². The summed E-state index contributed by atoms with van der Waals surface area (Å²) in [5.74, 6) is 0.595. The van der Waals surface area contributed by atoms with Crippen LogP contribution in [0.15, 0.2) is 24.3 Å². The highest BCUT2D eigenvalue weighted by molar-refractivity contribution is 8.00. The Hall–Kier alpha value is -1.01. The normalized spacial score (nSPS) is 14.4. The van der Waals surface area contributed by atoms with E-state index in [0.717, 1.165) is 11.3 Å². The summed E-state index contributed by atoms with van der Waals surface area (Å²) < 4.78 is 12.1. The van der Waals surface area contributed by atoms with E-state index in [9.17, 15) is 4.39 Å². The van der Waals surface area contributed by atoms with Gasteiger partial charge in [0.05, 0.1) is 6.07 Å². The molecule has 14 heavy (non-hydrogen) atoms. The number of hydrogen-bond donors (Lipinski definition) is 0. The molecule has 0 aliphatic rings. The summed E-state index contributed by atoms with van der Waals surface area (Å²) in [7, 11) is 0. The molecule has 1 atom stereocenters. The highest BCUT2D eigenvalue weighted by atomic mass is 32.2. The molecule has 0 heterocycles. The molecule has 1 aromatic rings. The topological polar surface area (TPSA) is 23.8 Å². The minimum Gasteiger partial charge on any atom is -0.207 e. The van der Waals surface area contributed by atoms with Gasteiger partial charge in [-0.25, -0.2) is 4.39 Å². The summed E-state index contributed by atoms with van der Waals surface area (Å²) in [6.45, 7) is 3.86. The van der Waals surface area contributed by atoms with Crippen molar-refractivity contribution in [3.8, 4) is 6.07 Å². The van der Waals surface area contributed by atoms with E-state index in [4.69, 9.17) is 5.26 Å². The Balaban J connectivity index is 3.01. The molecule has 0 radical (unpaired) electrons. The number of thioether (sulfide) groups is 1. The van der Waals surface area contributed by atoms with Crippen molar-refractivity contribution < 1.29 is 4.39 Å². The Morgan fingerprint density at radius 3 is 2.43 bits per heavy atom. The second-order valence-electron chi connectivity index (χ2n) is 3.08. The Morgan fingerprint density at radius 1 is 1.43 bits per heavy atom. The first-order valence-corrected chi connectivity index (χ1v) is 5.42. The maximum atomic E-state index is 12.7. The van der Waals surface area contributed by atoms with E-state index in [0.29, 0.717) is 0 Å². The molecule has 74 valence electrons. The summed E-state index contributed by atoms with van der Waals surface area (Å²) in [6, 6.07) is 8.37. The number of halogens is 1. The van der Waals surface area contributed by atoms with Gasteiger partial charge in [0.25, 0.3) is 0 Å². The SMILES string of the molecule is CCSC(C)(C#N)c1ccc(F)cc1. The monoisotopic (exact) mass is 209 g/mol. The second kappa shape index (κ2) is 4.47. The molecule has 1 aromatic carbocycles. The minimum absolute atomic E-state index is 0.268. The molecular formula is C11H12FNS. The van der Waals surface area contributed by atoms with Crippen molar-refractivity contribution in [3.63, 3.8) is 0 Å². The Kier molecular flexibility index (Phi) is 3.54. The van der Waals surface area contributed by atoms with Crippen LogP contribution in [0, 0.1) is 17.1 Å². The van der Waals surface area contributed by atoms with Crippen LogP contribution >= 0.6 is 11.8 Å². The van der Waals surface area contributed by atoms with Gasteiger partial charge in [-0.1, -0.05) is 19.1 Å². The molecule has 1 unspecified atom stereocenters. The summed E-state index contributed by atoms with van der Waals surface area (Å²) in [4.78, 5) is 0. The van der Waals surface area contributed by atoms with Crippen molar-refractivity contribution in [3.05, 3.63) is 35.6 Å². The van der Waals surface area contributed by atoms with E-state index < -0.39 is 4.75 Å². The van der Waals surface area contributed by atoms with Crippen molar-refractivity contribution >= 4 is 11.8 Å². The first-order chi connectivity index (χ1) is 6.62. The zero-order valence-electron chi connectivity index (χ0n) is 8.25. The van der Waals surface area contributed by atoms with Crippen LogP contribution in [0.4, 0.5) is 4.39 Å². The summed E-state index contributed by atoms with van der Waals surface area (Å²) in [5, 5.41) is 9.07. The summed E-state index contributed by atoms with van der Waals surface area (Å²) in [6.07, 6.45) is 0. The molecule has 0 aromatic heterocycles. The molecule has 0 bridgehead atoms.